The number of rotatable bonds is 6. The molecule has 4 nitrogen and oxygen atoms in total. The van der Waals surface area contributed by atoms with Crippen molar-refractivity contribution in [1.82, 2.24) is 9.88 Å². The molecule has 0 bridgehead atoms. The molecule has 1 saturated carbocycles. The lowest BCUT2D eigenvalue weighted by Crippen LogP contribution is -2.56. The zero-order valence-corrected chi connectivity index (χ0v) is 12.6. The Labute approximate surface area is 116 Å². The van der Waals surface area contributed by atoms with Crippen molar-refractivity contribution in [3.63, 3.8) is 0 Å². The van der Waals surface area contributed by atoms with E-state index in [1.54, 1.807) is 0 Å². The van der Waals surface area contributed by atoms with Gasteiger partial charge in [0.05, 0.1) is 0 Å². The summed E-state index contributed by atoms with van der Waals surface area (Å²) in [4.78, 5) is 9.31. The molecule has 1 fully saturated rings. The predicted octanol–water partition coefficient (Wildman–Crippen LogP) is 2.43. The highest BCUT2D eigenvalue weighted by atomic mass is 15.3. The lowest BCUT2D eigenvalue weighted by Gasteiger charge is -2.49. The van der Waals surface area contributed by atoms with Crippen molar-refractivity contribution in [3.8, 4) is 0 Å². The highest BCUT2D eigenvalue weighted by Gasteiger charge is 2.40. The molecule has 0 aromatic carbocycles. The van der Waals surface area contributed by atoms with Gasteiger partial charge in [-0.05, 0) is 52.4 Å². The smallest absolute Gasteiger partial charge is 0.130 e. The van der Waals surface area contributed by atoms with Crippen LogP contribution in [0.1, 0.15) is 26.2 Å². The van der Waals surface area contributed by atoms with Crippen molar-refractivity contribution in [2.75, 3.05) is 44.4 Å². The number of nitrogens with zero attached hydrogens (tertiary/aromatic N) is 3. The van der Waals surface area contributed by atoms with Gasteiger partial charge in [-0.2, -0.15) is 0 Å². The van der Waals surface area contributed by atoms with Crippen LogP contribution in [-0.2, 0) is 0 Å². The maximum Gasteiger partial charge on any atom is 0.130 e. The van der Waals surface area contributed by atoms with Crippen LogP contribution < -0.4 is 10.2 Å². The average Bonchev–Trinajstić information content (AvgIpc) is 2.34. The Morgan fingerprint density at radius 1 is 1.26 bits per heavy atom. The molecule has 106 valence electrons. The summed E-state index contributed by atoms with van der Waals surface area (Å²) in [5.74, 6) is 2.01. The minimum Gasteiger partial charge on any atom is -0.370 e. The van der Waals surface area contributed by atoms with Gasteiger partial charge in [0.25, 0.3) is 0 Å². The van der Waals surface area contributed by atoms with Crippen LogP contribution in [0.3, 0.4) is 0 Å². The van der Waals surface area contributed by atoms with Crippen molar-refractivity contribution in [2.45, 2.75) is 31.7 Å². The molecule has 1 aromatic rings. The first-order chi connectivity index (χ1) is 9.07. The molecular formula is C15H26N4. The van der Waals surface area contributed by atoms with Crippen LogP contribution in [-0.4, -0.2) is 49.7 Å². The van der Waals surface area contributed by atoms with Gasteiger partial charge in [0, 0.05) is 25.7 Å². The van der Waals surface area contributed by atoms with Gasteiger partial charge in [0.2, 0.25) is 0 Å². The summed E-state index contributed by atoms with van der Waals surface area (Å²) < 4.78 is 0. The molecule has 1 heterocycles. The largest absolute Gasteiger partial charge is 0.370 e. The highest BCUT2D eigenvalue weighted by Crippen LogP contribution is 2.37. The van der Waals surface area contributed by atoms with Crippen LogP contribution in [0.5, 0.6) is 0 Å². The first kappa shape index (κ1) is 14.1. The maximum absolute atomic E-state index is 4.66. The third-order valence-corrected chi connectivity index (χ3v) is 4.25. The zero-order chi connectivity index (χ0) is 13.9. The molecule has 19 heavy (non-hydrogen) atoms. The SMILES string of the molecule is CCNc1cccc(N(C)CC2(N(C)C)CCC2)n1. The molecule has 0 amide bonds. The number of hydrogen-bond acceptors (Lipinski definition) is 4. The first-order valence-electron chi connectivity index (χ1n) is 7.17. The molecule has 0 spiro atoms. The van der Waals surface area contributed by atoms with E-state index in [0.717, 1.165) is 24.7 Å². The van der Waals surface area contributed by atoms with Gasteiger partial charge < -0.3 is 15.1 Å². The van der Waals surface area contributed by atoms with Crippen LogP contribution in [0.4, 0.5) is 11.6 Å². The number of nitrogens with one attached hydrogen (secondary N) is 1. The van der Waals surface area contributed by atoms with Gasteiger partial charge in [-0.1, -0.05) is 6.07 Å². The fourth-order valence-corrected chi connectivity index (χ4v) is 2.77. The normalized spacial score (nSPS) is 17.1. The molecule has 0 atom stereocenters. The van der Waals surface area contributed by atoms with E-state index in [2.05, 4.69) is 60.3 Å². The summed E-state index contributed by atoms with van der Waals surface area (Å²) in [6.45, 7) is 4.04. The van der Waals surface area contributed by atoms with Crippen LogP contribution >= 0.6 is 0 Å². The van der Waals surface area contributed by atoms with Crippen molar-refractivity contribution >= 4 is 11.6 Å². The number of anilines is 2. The van der Waals surface area contributed by atoms with Crippen LogP contribution in [0, 0.1) is 0 Å². The molecular weight excluding hydrogens is 236 g/mol. The van der Waals surface area contributed by atoms with Crippen molar-refractivity contribution in [1.29, 1.82) is 0 Å². The molecule has 1 aliphatic rings. The lowest BCUT2D eigenvalue weighted by molar-refractivity contribution is 0.0682. The molecule has 0 aliphatic heterocycles. The van der Waals surface area contributed by atoms with Crippen LogP contribution in [0.15, 0.2) is 18.2 Å². The summed E-state index contributed by atoms with van der Waals surface area (Å²) in [5, 5.41) is 3.27. The monoisotopic (exact) mass is 262 g/mol. The predicted molar refractivity (Wildman–Crippen MR) is 81.9 cm³/mol. The fourth-order valence-electron chi connectivity index (χ4n) is 2.77. The second-order valence-corrected chi connectivity index (χ2v) is 5.74. The number of hydrogen-bond donors (Lipinski definition) is 1. The number of aromatic nitrogens is 1. The van der Waals surface area contributed by atoms with E-state index in [9.17, 15) is 0 Å². The van der Waals surface area contributed by atoms with E-state index in [0.29, 0.717) is 5.54 Å². The molecule has 1 aliphatic carbocycles. The van der Waals surface area contributed by atoms with Crippen molar-refractivity contribution < 1.29 is 0 Å². The minimum absolute atomic E-state index is 0.338. The Kier molecular flexibility index (Phi) is 4.30. The van der Waals surface area contributed by atoms with Crippen molar-refractivity contribution in [3.05, 3.63) is 18.2 Å². The van der Waals surface area contributed by atoms with Gasteiger partial charge in [0.1, 0.15) is 11.6 Å². The Balaban J connectivity index is 2.06. The second kappa shape index (κ2) is 5.78. The van der Waals surface area contributed by atoms with Crippen LogP contribution in [0.2, 0.25) is 0 Å². The highest BCUT2D eigenvalue weighted by molar-refractivity contribution is 5.47. The zero-order valence-electron chi connectivity index (χ0n) is 12.6. The summed E-state index contributed by atoms with van der Waals surface area (Å²) in [6, 6.07) is 6.18. The molecule has 4 heteroatoms. The van der Waals surface area contributed by atoms with E-state index >= 15 is 0 Å². The Morgan fingerprint density at radius 3 is 2.53 bits per heavy atom. The third kappa shape index (κ3) is 3.00. The molecule has 1 N–H and O–H groups in total. The summed E-state index contributed by atoms with van der Waals surface area (Å²) in [6.07, 6.45) is 3.92. The first-order valence-corrected chi connectivity index (χ1v) is 7.17. The van der Waals surface area contributed by atoms with Gasteiger partial charge in [-0.15, -0.1) is 0 Å². The number of likely N-dealkylation sites (N-methyl/N-ethyl adjacent to an activating group) is 2. The quantitative estimate of drug-likeness (QED) is 0.853. The Hall–Kier alpha value is -1.29. The van der Waals surface area contributed by atoms with Crippen LogP contribution in [0.25, 0.3) is 0 Å². The van der Waals surface area contributed by atoms with Gasteiger partial charge >= 0.3 is 0 Å². The summed E-state index contributed by atoms with van der Waals surface area (Å²) >= 11 is 0. The van der Waals surface area contributed by atoms with E-state index in [1.807, 2.05) is 6.07 Å². The topological polar surface area (TPSA) is 31.4 Å². The standard InChI is InChI=1S/C15H26N4/c1-5-16-13-8-6-9-14(17-13)19(4)12-15(18(2)3)10-7-11-15/h6,8-9H,5,7,10-12H2,1-4H3,(H,16,17). The molecule has 0 radical (unpaired) electrons. The average molecular weight is 262 g/mol. The second-order valence-electron chi connectivity index (χ2n) is 5.74. The van der Waals surface area contributed by atoms with Gasteiger partial charge in [-0.25, -0.2) is 4.98 Å². The fraction of sp³-hybridized carbons (Fsp3) is 0.667. The Morgan fingerprint density at radius 2 is 2.00 bits per heavy atom. The molecule has 1 aromatic heterocycles. The minimum atomic E-state index is 0.338. The van der Waals surface area contributed by atoms with E-state index < -0.39 is 0 Å². The van der Waals surface area contributed by atoms with Crippen molar-refractivity contribution in [2.24, 2.45) is 0 Å². The van der Waals surface area contributed by atoms with E-state index in [1.165, 1.54) is 19.3 Å². The maximum atomic E-state index is 4.66. The lowest BCUT2D eigenvalue weighted by atomic mass is 9.75. The van der Waals surface area contributed by atoms with Gasteiger partial charge in [-0.3, -0.25) is 0 Å². The van der Waals surface area contributed by atoms with E-state index in [4.69, 9.17) is 0 Å². The molecule has 0 saturated heterocycles. The Bertz CT molecular complexity index is 412. The molecule has 2 rings (SSSR count). The third-order valence-electron chi connectivity index (χ3n) is 4.25. The summed E-state index contributed by atoms with van der Waals surface area (Å²) in [5.41, 5.74) is 0.338. The number of pyridine rings is 1. The van der Waals surface area contributed by atoms with Gasteiger partial charge in [0.15, 0.2) is 0 Å². The molecule has 0 unspecified atom stereocenters. The summed E-state index contributed by atoms with van der Waals surface area (Å²) in [7, 11) is 6.52. The van der Waals surface area contributed by atoms with E-state index in [-0.39, 0.29) is 0 Å².